The Balaban J connectivity index is 2.03. The highest BCUT2D eigenvalue weighted by atomic mass is 14.9. The fourth-order valence-corrected chi connectivity index (χ4v) is 1.65. The van der Waals surface area contributed by atoms with Crippen LogP contribution in [0.5, 0.6) is 0 Å². The Hall–Kier alpha value is -1.43. The minimum absolute atomic E-state index is 0.542. The summed E-state index contributed by atoms with van der Waals surface area (Å²) in [6, 6.07) is 3.97. The van der Waals surface area contributed by atoms with E-state index >= 15 is 0 Å². The first-order valence-corrected chi connectivity index (χ1v) is 5.16. The van der Waals surface area contributed by atoms with E-state index in [1.54, 1.807) is 0 Å². The monoisotopic (exact) mass is 185 g/mol. The van der Waals surface area contributed by atoms with Crippen LogP contribution in [0.25, 0.3) is 0 Å². The Morgan fingerprint density at radius 2 is 1.86 bits per heavy atom. The third kappa shape index (κ3) is 1.37. The van der Waals surface area contributed by atoms with E-state index in [1.807, 2.05) is 6.07 Å². The maximum absolute atomic E-state index is 8.85. The van der Waals surface area contributed by atoms with E-state index in [2.05, 4.69) is 16.0 Å². The summed E-state index contributed by atoms with van der Waals surface area (Å²) in [5.74, 6) is 2.06. The van der Waals surface area contributed by atoms with Gasteiger partial charge in [-0.15, -0.1) is 0 Å². The zero-order chi connectivity index (χ0) is 9.54. The van der Waals surface area contributed by atoms with Gasteiger partial charge < -0.3 is 0 Å². The predicted molar refractivity (Wildman–Crippen MR) is 50.7 cm³/mol. The van der Waals surface area contributed by atoms with Crippen LogP contribution in [-0.2, 0) is 0 Å². The van der Waals surface area contributed by atoms with Crippen molar-refractivity contribution in [2.45, 2.75) is 37.5 Å². The van der Waals surface area contributed by atoms with Crippen molar-refractivity contribution in [3.05, 3.63) is 23.3 Å². The number of hydrogen-bond acceptors (Lipinski definition) is 3. The number of hydrogen-bond donors (Lipinski definition) is 0. The molecule has 0 bridgehead atoms. The molecule has 14 heavy (non-hydrogen) atoms. The van der Waals surface area contributed by atoms with Crippen molar-refractivity contribution in [3.63, 3.8) is 0 Å². The van der Waals surface area contributed by atoms with Crippen LogP contribution >= 0.6 is 0 Å². The normalized spacial score (nSPS) is 20.5. The molecule has 2 fully saturated rings. The topological polar surface area (TPSA) is 49.6 Å². The summed E-state index contributed by atoms with van der Waals surface area (Å²) in [5.41, 5.74) is 1.64. The average Bonchev–Trinajstić information content (AvgIpc) is 3.07. The second-order valence-corrected chi connectivity index (χ2v) is 4.20. The zero-order valence-corrected chi connectivity index (χ0v) is 7.90. The second-order valence-electron chi connectivity index (χ2n) is 4.20. The molecular formula is C11H11N3. The van der Waals surface area contributed by atoms with Crippen LogP contribution in [0.4, 0.5) is 0 Å². The quantitative estimate of drug-likeness (QED) is 0.709. The van der Waals surface area contributed by atoms with Crippen molar-refractivity contribution in [2.24, 2.45) is 0 Å². The van der Waals surface area contributed by atoms with E-state index in [0.717, 1.165) is 11.5 Å². The van der Waals surface area contributed by atoms with Gasteiger partial charge in [0, 0.05) is 17.5 Å². The van der Waals surface area contributed by atoms with Crippen molar-refractivity contribution in [1.29, 1.82) is 5.26 Å². The van der Waals surface area contributed by atoms with Crippen LogP contribution in [0.2, 0.25) is 0 Å². The Bertz CT molecular complexity index is 381. The summed E-state index contributed by atoms with van der Waals surface area (Å²) in [6.45, 7) is 0. The molecule has 2 aliphatic rings. The summed E-state index contributed by atoms with van der Waals surface area (Å²) < 4.78 is 0. The molecule has 0 N–H and O–H groups in total. The zero-order valence-electron chi connectivity index (χ0n) is 7.90. The molecule has 2 saturated carbocycles. The largest absolute Gasteiger partial charge is 0.237 e. The van der Waals surface area contributed by atoms with E-state index in [-0.39, 0.29) is 0 Å². The molecule has 0 amide bonds. The number of nitriles is 1. The number of aromatic nitrogens is 2. The van der Waals surface area contributed by atoms with Crippen molar-refractivity contribution in [2.75, 3.05) is 0 Å². The minimum Gasteiger partial charge on any atom is -0.237 e. The molecular weight excluding hydrogens is 174 g/mol. The Morgan fingerprint density at radius 1 is 1.14 bits per heavy atom. The first-order chi connectivity index (χ1) is 6.86. The van der Waals surface area contributed by atoms with Gasteiger partial charge in [-0.25, -0.2) is 9.97 Å². The van der Waals surface area contributed by atoms with E-state index in [4.69, 9.17) is 5.26 Å². The third-order valence-corrected chi connectivity index (χ3v) is 2.82. The van der Waals surface area contributed by atoms with Crippen LogP contribution in [0, 0.1) is 11.3 Å². The van der Waals surface area contributed by atoms with Crippen LogP contribution in [-0.4, -0.2) is 9.97 Å². The van der Waals surface area contributed by atoms with E-state index in [1.165, 1.54) is 25.7 Å². The van der Waals surface area contributed by atoms with E-state index in [9.17, 15) is 0 Å². The standard InChI is InChI=1S/C11H11N3/c12-6-9-5-10(7-1-2-7)14-11(13-9)8-3-4-8/h5,7-8H,1-4H2. The van der Waals surface area contributed by atoms with Gasteiger partial charge >= 0.3 is 0 Å². The molecule has 3 rings (SSSR count). The lowest BCUT2D eigenvalue weighted by Crippen LogP contribution is -1.99. The van der Waals surface area contributed by atoms with Gasteiger partial charge in [0.15, 0.2) is 0 Å². The van der Waals surface area contributed by atoms with Crippen molar-refractivity contribution < 1.29 is 0 Å². The first kappa shape index (κ1) is 7.93. The Labute approximate surface area is 82.8 Å². The van der Waals surface area contributed by atoms with Gasteiger partial charge in [-0.3, -0.25) is 0 Å². The number of rotatable bonds is 2. The molecule has 0 spiro atoms. The molecule has 0 aliphatic heterocycles. The fourth-order valence-electron chi connectivity index (χ4n) is 1.65. The molecule has 70 valence electrons. The van der Waals surface area contributed by atoms with Gasteiger partial charge in [-0.1, -0.05) is 0 Å². The lowest BCUT2D eigenvalue weighted by molar-refractivity contribution is 0.866. The molecule has 3 heteroatoms. The molecule has 0 radical (unpaired) electrons. The van der Waals surface area contributed by atoms with E-state index in [0.29, 0.717) is 17.5 Å². The number of nitrogens with zero attached hydrogens (tertiary/aromatic N) is 3. The van der Waals surface area contributed by atoms with Crippen LogP contribution in [0.3, 0.4) is 0 Å². The van der Waals surface area contributed by atoms with Crippen LogP contribution in [0.15, 0.2) is 6.07 Å². The lowest BCUT2D eigenvalue weighted by Gasteiger charge is -2.01. The molecule has 1 aromatic heterocycles. The Kier molecular flexibility index (Phi) is 1.57. The Morgan fingerprint density at radius 3 is 2.43 bits per heavy atom. The summed E-state index contributed by atoms with van der Waals surface area (Å²) in [4.78, 5) is 8.80. The van der Waals surface area contributed by atoms with Gasteiger partial charge in [0.2, 0.25) is 0 Å². The maximum Gasteiger partial charge on any atom is 0.144 e. The van der Waals surface area contributed by atoms with Gasteiger partial charge in [0.25, 0.3) is 0 Å². The summed E-state index contributed by atoms with van der Waals surface area (Å²) in [6.07, 6.45) is 4.84. The third-order valence-electron chi connectivity index (χ3n) is 2.82. The van der Waals surface area contributed by atoms with Gasteiger partial charge in [-0.05, 0) is 31.7 Å². The predicted octanol–water partition coefficient (Wildman–Crippen LogP) is 2.10. The van der Waals surface area contributed by atoms with Crippen LogP contribution in [0.1, 0.15) is 54.7 Å². The molecule has 0 unspecified atom stereocenters. The fraction of sp³-hybridized carbons (Fsp3) is 0.545. The first-order valence-electron chi connectivity index (χ1n) is 5.16. The molecule has 0 saturated heterocycles. The summed E-state index contributed by atoms with van der Waals surface area (Å²) in [7, 11) is 0. The smallest absolute Gasteiger partial charge is 0.144 e. The van der Waals surface area contributed by atoms with E-state index < -0.39 is 0 Å². The molecule has 3 nitrogen and oxygen atoms in total. The highest BCUT2D eigenvalue weighted by molar-refractivity contribution is 5.28. The maximum atomic E-state index is 8.85. The van der Waals surface area contributed by atoms with Crippen molar-refractivity contribution in [1.82, 2.24) is 9.97 Å². The minimum atomic E-state index is 0.542. The van der Waals surface area contributed by atoms with Gasteiger partial charge in [0.1, 0.15) is 17.6 Å². The highest BCUT2D eigenvalue weighted by Crippen LogP contribution is 2.42. The SMILES string of the molecule is N#Cc1cc(C2CC2)nc(C2CC2)n1. The second kappa shape index (κ2) is 2.78. The van der Waals surface area contributed by atoms with Crippen molar-refractivity contribution >= 4 is 0 Å². The summed E-state index contributed by atoms with van der Waals surface area (Å²) in [5, 5.41) is 8.85. The highest BCUT2D eigenvalue weighted by Gasteiger charge is 2.30. The van der Waals surface area contributed by atoms with Crippen LogP contribution < -0.4 is 0 Å². The lowest BCUT2D eigenvalue weighted by atomic mass is 10.2. The molecule has 1 aromatic rings. The van der Waals surface area contributed by atoms with Gasteiger partial charge in [0.05, 0.1) is 0 Å². The average molecular weight is 185 g/mol. The molecule has 0 atom stereocenters. The molecule has 0 aromatic carbocycles. The molecule has 2 aliphatic carbocycles. The van der Waals surface area contributed by atoms with Gasteiger partial charge in [-0.2, -0.15) is 5.26 Å². The van der Waals surface area contributed by atoms with Crippen molar-refractivity contribution in [3.8, 4) is 6.07 Å². The molecule has 1 heterocycles. The summed E-state index contributed by atoms with van der Waals surface area (Å²) >= 11 is 0.